The summed E-state index contributed by atoms with van der Waals surface area (Å²) in [4.78, 5) is 3.53. The second kappa shape index (κ2) is 12.3. The van der Waals surface area contributed by atoms with Crippen molar-refractivity contribution in [1.82, 2.24) is 0 Å². The molecule has 7 aromatic carbocycles. The summed E-state index contributed by atoms with van der Waals surface area (Å²) < 4.78 is 45.4. The molecule has 0 saturated heterocycles. The number of aryl methyl sites for hydroxylation is 3. The van der Waals surface area contributed by atoms with Gasteiger partial charge in [-0.25, -0.2) is 8.78 Å². The third kappa shape index (κ3) is 5.09. The summed E-state index contributed by atoms with van der Waals surface area (Å²) in [6, 6.07) is 41.4. The Labute approximate surface area is 303 Å². The molecule has 0 fully saturated rings. The first kappa shape index (κ1) is 31.8. The number of nitrogens with zero attached hydrogens (tertiary/aromatic N) is 2. The van der Waals surface area contributed by atoms with Gasteiger partial charge in [0.1, 0.15) is 22.8 Å². The first-order valence-corrected chi connectivity index (χ1v) is 17.4. The van der Waals surface area contributed by atoms with Crippen LogP contribution in [0.5, 0.6) is 0 Å². The highest BCUT2D eigenvalue weighted by Gasteiger charge is 2.30. The van der Waals surface area contributed by atoms with Gasteiger partial charge in [0.2, 0.25) is 5.88 Å². The zero-order valence-electron chi connectivity index (χ0n) is 28.5. The van der Waals surface area contributed by atoms with Crippen LogP contribution in [0.4, 0.5) is 43.1 Å². The number of anilines is 6. The van der Waals surface area contributed by atoms with Crippen LogP contribution in [0.2, 0.25) is 5.02 Å². The quantitative estimate of drug-likeness (QED) is 0.172. The van der Waals surface area contributed by atoms with Crippen LogP contribution in [0.25, 0.3) is 43.7 Å². The topological polar surface area (TPSA) is 32.8 Å². The fourth-order valence-electron chi connectivity index (χ4n) is 7.31. The molecule has 4 nitrogen and oxygen atoms in total. The highest BCUT2D eigenvalue weighted by Crippen LogP contribution is 2.51. The fraction of sp³-hybridized carbons (Fsp3) is 0.0667. The van der Waals surface area contributed by atoms with Crippen LogP contribution < -0.4 is 9.80 Å². The second-order valence-electron chi connectivity index (χ2n) is 13.2. The summed E-state index contributed by atoms with van der Waals surface area (Å²) in [5.41, 5.74) is 6.28. The summed E-state index contributed by atoms with van der Waals surface area (Å²) in [7, 11) is 0. The molecule has 9 rings (SSSR count). The van der Waals surface area contributed by atoms with Crippen molar-refractivity contribution in [3.05, 3.63) is 167 Å². The van der Waals surface area contributed by atoms with E-state index < -0.39 is 11.6 Å². The third-order valence-corrected chi connectivity index (χ3v) is 10.1. The fourth-order valence-corrected chi connectivity index (χ4v) is 7.59. The van der Waals surface area contributed by atoms with E-state index in [1.54, 1.807) is 17.0 Å². The molecule has 2 aromatic heterocycles. The minimum Gasteiger partial charge on any atom is -0.454 e. The summed E-state index contributed by atoms with van der Waals surface area (Å²) in [6.45, 7) is 5.65. The molecule has 0 N–H and O–H groups in total. The van der Waals surface area contributed by atoms with E-state index >= 15 is 8.78 Å². The van der Waals surface area contributed by atoms with Crippen LogP contribution in [-0.4, -0.2) is 0 Å². The number of furan rings is 2. The van der Waals surface area contributed by atoms with Crippen LogP contribution in [0.3, 0.4) is 0 Å². The molecule has 0 bridgehead atoms. The Bertz CT molecular complexity index is 2780. The number of hydrogen-bond acceptors (Lipinski definition) is 4. The van der Waals surface area contributed by atoms with Gasteiger partial charge in [0.05, 0.1) is 33.5 Å². The van der Waals surface area contributed by atoms with Crippen LogP contribution in [0.15, 0.2) is 142 Å². The van der Waals surface area contributed by atoms with Crippen LogP contribution in [-0.2, 0) is 0 Å². The number of benzene rings is 7. The molecule has 7 heteroatoms. The Morgan fingerprint density at radius 3 is 1.77 bits per heavy atom. The molecule has 0 unspecified atom stereocenters. The summed E-state index contributed by atoms with van der Waals surface area (Å²) in [5, 5.41) is 5.09. The van der Waals surface area contributed by atoms with E-state index in [1.165, 1.54) is 12.1 Å². The molecule has 0 radical (unpaired) electrons. The average Bonchev–Trinajstić information content (AvgIpc) is 3.73. The van der Waals surface area contributed by atoms with Gasteiger partial charge in [-0.05, 0) is 96.8 Å². The van der Waals surface area contributed by atoms with Crippen molar-refractivity contribution in [2.24, 2.45) is 0 Å². The van der Waals surface area contributed by atoms with Crippen molar-refractivity contribution < 1.29 is 17.6 Å². The number of para-hydroxylation sites is 4. The molecular formula is C45H31ClF2N2O2. The molecule has 0 spiro atoms. The molecule has 0 aliphatic rings. The Kier molecular flexibility index (Phi) is 7.52. The van der Waals surface area contributed by atoms with E-state index in [1.807, 2.05) is 117 Å². The van der Waals surface area contributed by atoms with E-state index in [0.29, 0.717) is 62.2 Å². The van der Waals surface area contributed by atoms with Crippen molar-refractivity contribution in [2.45, 2.75) is 20.8 Å². The maximum atomic E-state index is 16.3. The summed E-state index contributed by atoms with van der Waals surface area (Å²) in [5.74, 6) is -0.495. The van der Waals surface area contributed by atoms with Gasteiger partial charge in [-0.2, -0.15) is 0 Å². The monoisotopic (exact) mass is 704 g/mol. The van der Waals surface area contributed by atoms with Gasteiger partial charge in [0, 0.05) is 22.2 Å². The Hall–Kier alpha value is -6.11. The van der Waals surface area contributed by atoms with Crippen molar-refractivity contribution in [3.63, 3.8) is 0 Å². The molecule has 9 aromatic rings. The van der Waals surface area contributed by atoms with Gasteiger partial charge in [-0.1, -0.05) is 90.5 Å². The number of hydrogen-bond donors (Lipinski definition) is 0. The van der Waals surface area contributed by atoms with Crippen molar-refractivity contribution >= 4 is 89.6 Å². The van der Waals surface area contributed by atoms with E-state index in [-0.39, 0.29) is 5.02 Å². The highest BCUT2D eigenvalue weighted by molar-refractivity contribution is 6.37. The maximum Gasteiger partial charge on any atom is 0.205 e. The Morgan fingerprint density at radius 2 is 1.10 bits per heavy atom. The van der Waals surface area contributed by atoms with Gasteiger partial charge in [0.25, 0.3) is 0 Å². The van der Waals surface area contributed by atoms with E-state index in [4.69, 9.17) is 20.4 Å². The molecule has 0 aliphatic carbocycles. The van der Waals surface area contributed by atoms with Gasteiger partial charge in [-0.3, -0.25) is 4.90 Å². The van der Waals surface area contributed by atoms with Gasteiger partial charge >= 0.3 is 0 Å². The van der Waals surface area contributed by atoms with Crippen LogP contribution >= 0.6 is 11.6 Å². The lowest BCUT2D eigenvalue weighted by Gasteiger charge is -2.31. The molecule has 0 aliphatic heterocycles. The molecule has 52 heavy (non-hydrogen) atoms. The largest absolute Gasteiger partial charge is 0.454 e. The van der Waals surface area contributed by atoms with Crippen molar-refractivity contribution in [3.8, 4) is 0 Å². The number of fused-ring (bicyclic) bond motifs is 5. The lowest BCUT2D eigenvalue weighted by molar-refractivity contribution is 0.604. The second-order valence-corrected chi connectivity index (χ2v) is 13.6. The van der Waals surface area contributed by atoms with Crippen LogP contribution in [0.1, 0.15) is 16.7 Å². The predicted molar refractivity (Wildman–Crippen MR) is 210 cm³/mol. The molecule has 2 heterocycles. The smallest absolute Gasteiger partial charge is 0.205 e. The lowest BCUT2D eigenvalue weighted by Crippen LogP contribution is -2.17. The minimum atomic E-state index is -0.444. The molecule has 0 atom stereocenters. The van der Waals surface area contributed by atoms with Crippen molar-refractivity contribution in [1.29, 1.82) is 0 Å². The van der Waals surface area contributed by atoms with E-state index in [2.05, 4.69) is 18.2 Å². The number of rotatable bonds is 6. The number of halogens is 3. The van der Waals surface area contributed by atoms with Crippen molar-refractivity contribution in [2.75, 3.05) is 9.80 Å². The zero-order valence-corrected chi connectivity index (χ0v) is 29.3. The summed E-state index contributed by atoms with van der Waals surface area (Å²) >= 11 is 7.58. The molecule has 0 saturated carbocycles. The Morgan fingerprint density at radius 1 is 0.500 bits per heavy atom. The molecular weight excluding hydrogens is 674 g/mol. The predicted octanol–water partition coefficient (Wildman–Crippen LogP) is 14.3. The molecule has 0 amide bonds. The first-order valence-electron chi connectivity index (χ1n) is 17.0. The van der Waals surface area contributed by atoms with Gasteiger partial charge < -0.3 is 13.7 Å². The first-order chi connectivity index (χ1) is 25.3. The van der Waals surface area contributed by atoms with E-state index in [9.17, 15) is 0 Å². The minimum absolute atomic E-state index is 0.259. The molecule has 254 valence electrons. The zero-order chi connectivity index (χ0) is 35.7. The van der Waals surface area contributed by atoms with E-state index in [0.717, 1.165) is 32.5 Å². The summed E-state index contributed by atoms with van der Waals surface area (Å²) in [6.07, 6.45) is 0. The van der Waals surface area contributed by atoms with Gasteiger partial charge in [-0.15, -0.1) is 0 Å². The Balaban J connectivity index is 1.35. The average molecular weight is 705 g/mol. The normalized spacial score (nSPS) is 11.7. The third-order valence-electron chi connectivity index (χ3n) is 9.70. The highest BCUT2D eigenvalue weighted by atomic mass is 35.5. The van der Waals surface area contributed by atoms with Gasteiger partial charge in [0.15, 0.2) is 5.58 Å². The lowest BCUT2D eigenvalue weighted by atomic mass is 10.0. The maximum absolute atomic E-state index is 16.3. The SMILES string of the molecule is Cc1cc(N(c2cc3ccccc3o2)c2c(C)cccc2F)c(Cl)c(N(c2c(C)cccc2F)c2cccc3c2oc2cc4ccccc4cc23)c1. The van der Waals surface area contributed by atoms with Crippen LogP contribution in [0, 0.1) is 32.4 Å². The standard InChI is InChI=1S/C45H31ClF2N2O2/c1-26-21-37(42(46)38(22-26)50(44-28(3)12-9-18-35(44)48)41-25-31-15-6-7-20-39(31)51-41)49(43-27(2)11-8-17-34(43)47)36-19-10-16-32-33-23-29-13-4-5-14-30(29)24-40(33)52-45(32)36/h4-25H,1-3H3.